The molecule has 5 nitrogen and oxygen atoms in total. The standard InChI is InChI=1S/C14H20IN3O2/c1-10-7-14(9-20-10)3-5-18(6-4-14)13-16-8-11(15)12(19)17(13)2/h8,10H,3-7,9H2,1-2H3/t10-/m0/s1. The molecule has 0 aliphatic carbocycles. The van der Waals surface area contributed by atoms with Crippen LogP contribution >= 0.6 is 22.6 Å². The first kappa shape index (κ1) is 14.3. The van der Waals surface area contributed by atoms with Gasteiger partial charge in [-0.15, -0.1) is 0 Å². The molecule has 0 unspecified atom stereocenters. The van der Waals surface area contributed by atoms with Crippen LogP contribution in [0.4, 0.5) is 5.95 Å². The molecule has 0 radical (unpaired) electrons. The van der Waals surface area contributed by atoms with Crippen LogP contribution in [0.25, 0.3) is 0 Å². The second-order valence-electron chi connectivity index (χ2n) is 6.08. The molecule has 110 valence electrons. The maximum Gasteiger partial charge on any atom is 0.268 e. The van der Waals surface area contributed by atoms with E-state index in [-0.39, 0.29) is 5.56 Å². The van der Waals surface area contributed by atoms with Gasteiger partial charge in [-0.2, -0.15) is 0 Å². The van der Waals surface area contributed by atoms with Crippen LogP contribution in [0.1, 0.15) is 26.2 Å². The molecule has 3 heterocycles. The topological polar surface area (TPSA) is 47.4 Å². The lowest BCUT2D eigenvalue weighted by Crippen LogP contribution is -2.43. The molecule has 1 aromatic rings. The highest BCUT2D eigenvalue weighted by Gasteiger charge is 2.41. The Bertz CT molecular complexity index is 564. The van der Waals surface area contributed by atoms with Crippen LogP contribution in [0, 0.1) is 8.99 Å². The van der Waals surface area contributed by atoms with Crippen molar-refractivity contribution in [3.8, 4) is 0 Å². The van der Waals surface area contributed by atoms with E-state index in [9.17, 15) is 4.79 Å². The average molecular weight is 389 g/mol. The summed E-state index contributed by atoms with van der Waals surface area (Å²) in [5.41, 5.74) is 0.395. The Kier molecular flexibility index (Phi) is 3.79. The summed E-state index contributed by atoms with van der Waals surface area (Å²) in [4.78, 5) is 18.7. The quantitative estimate of drug-likeness (QED) is 0.688. The highest BCUT2D eigenvalue weighted by Crippen LogP contribution is 2.42. The van der Waals surface area contributed by atoms with Crippen LogP contribution in [0.2, 0.25) is 0 Å². The highest BCUT2D eigenvalue weighted by molar-refractivity contribution is 14.1. The Morgan fingerprint density at radius 1 is 1.45 bits per heavy atom. The first-order valence-electron chi connectivity index (χ1n) is 7.09. The van der Waals surface area contributed by atoms with Gasteiger partial charge in [-0.1, -0.05) is 0 Å². The maximum absolute atomic E-state index is 12.0. The van der Waals surface area contributed by atoms with E-state index in [4.69, 9.17) is 4.74 Å². The van der Waals surface area contributed by atoms with Crippen molar-refractivity contribution in [1.29, 1.82) is 0 Å². The zero-order chi connectivity index (χ0) is 14.3. The van der Waals surface area contributed by atoms with Crippen LogP contribution < -0.4 is 10.5 Å². The van der Waals surface area contributed by atoms with Crippen molar-refractivity contribution < 1.29 is 4.74 Å². The molecule has 20 heavy (non-hydrogen) atoms. The third kappa shape index (κ3) is 2.47. The molecule has 1 spiro atoms. The molecule has 2 fully saturated rings. The van der Waals surface area contributed by atoms with Gasteiger partial charge >= 0.3 is 0 Å². The summed E-state index contributed by atoms with van der Waals surface area (Å²) in [6.45, 7) is 4.96. The van der Waals surface area contributed by atoms with Gasteiger partial charge in [0.2, 0.25) is 5.95 Å². The Morgan fingerprint density at radius 2 is 2.15 bits per heavy atom. The lowest BCUT2D eigenvalue weighted by molar-refractivity contribution is 0.0974. The Morgan fingerprint density at radius 3 is 2.75 bits per heavy atom. The lowest BCUT2D eigenvalue weighted by Gasteiger charge is -2.39. The smallest absolute Gasteiger partial charge is 0.268 e. The van der Waals surface area contributed by atoms with E-state index in [1.165, 1.54) is 6.42 Å². The molecule has 0 saturated carbocycles. The fourth-order valence-corrected chi connectivity index (χ4v) is 3.88. The number of anilines is 1. The molecule has 0 bridgehead atoms. The molecule has 0 N–H and O–H groups in total. The predicted octanol–water partition coefficient (Wildman–Crippen LogP) is 1.78. The highest BCUT2D eigenvalue weighted by atomic mass is 127. The second kappa shape index (κ2) is 5.29. The van der Waals surface area contributed by atoms with Gasteiger partial charge in [-0.3, -0.25) is 9.36 Å². The monoisotopic (exact) mass is 389 g/mol. The van der Waals surface area contributed by atoms with Gasteiger partial charge in [0, 0.05) is 26.3 Å². The molecular formula is C14H20IN3O2. The van der Waals surface area contributed by atoms with Crippen molar-refractivity contribution in [3.63, 3.8) is 0 Å². The molecule has 2 aliphatic heterocycles. The number of nitrogens with zero attached hydrogens (tertiary/aromatic N) is 3. The summed E-state index contributed by atoms with van der Waals surface area (Å²) in [6, 6.07) is 0. The molecule has 0 amide bonds. The minimum atomic E-state index is 0.0358. The van der Waals surface area contributed by atoms with Crippen LogP contribution in [-0.4, -0.2) is 35.4 Å². The van der Waals surface area contributed by atoms with Crippen molar-refractivity contribution in [2.75, 3.05) is 24.6 Å². The normalized spacial score (nSPS) is 25.4. The van der Waals surface area contributed by atoms with E-state index in [0.29, 0.717) is 15.1 Å². The molecule has 2 saturated heterocycles. The fraction of sp³-hybridized carbons (Fsp3) is 0.714. The van der Waals surface area contributed by atoms with Crippen molar-refractivity contribution in [2.24, 2.45) is 12.5 Å². The van der Waals surface area contributed by atoms with E-state index >= 15 is 0 Å². The molecular weight excluding hydrogens is 369 g/mol. The Balaban J connectivity index is 1.76. The van der Waals surface area contributed by atoms with Crippen molar-refractivity contribution in [1.82, 2.24) is 9.55 Å². The summed E-state index contributed by atoms with van der Waals surface area (Å²) < 4.78 is 8.08. The summed E-state index contributed by atoms with van der Waals surface area (Å²) in [5.74, 6) is 0.789. The third-order valence-corrected chi connectivity index (χ3v) is 5.34. The first-order valence-corrected chi connectivity index (χ1v) is 8.17. The number of rotatable bonds is 1. The van der Waals surface area contributed by atoms with Crippen molar-refractivity contribution >= 4 is 28.5 Å². The van der Waals surface area contributed by atoms with Crippen LogP contribution in [0.15, 0.2) is 11.0 Å². The minimum absolute atomic E-state index is 0.0358. The van der Waals surface area contributed by atoms with Gasteiger partial charge in [0.15, 0.2) is 0 Å². The van der Waals surface area contributed by atoms with Gasteiger partial charge in [0.25, 0.3) is 5.56 Å². The Labute approximate surface area is 132 Å². The van der Waals surface area contributed by atoms with Crippen LogP contribution in [0.3, 0.4) is 0 Å². The summed E-state index contributed by atoms with van der Waals surface area (Å²) in [7, 11) is 1.80. The largest absolute Gasteiger partial charge is 0.378 e. The summed E-state index contributed by atoms with van der Waals surface area (Å²) >= 11 is 2.03. The zero-order valence-electron chi connectivity index (χ0n) is 11.9. The number of piperidine rings is 1. The number of hydrogen-bond acceptors (Lipinski definition) is 4. The van der Waals surface area contributed by atoms with E-state index < -0.39 is 0 Å². The summed E-state index contributed by atoms with van der Waals surface area (Å²) in [6.07, 6.45) is 5.48. The maximum atomic E-state index is 12.0. The number of halogens is 1. The molecule has 1 aromatic heterocycles. The molecule has 3 rings (SSSR count). The molecule has 6 heteroatoms. The number of hydrogen-bond donors (Lipinski definition) is 0. The van der Waals surface area contributed by atoms with Gasteiger partial charge in [0.05, 0.1) is 16.3 Å². The summed E-state index contributed by atoms with van der Waals surface area (Å²) in [5, 5.41) is 0. The predicted molar refractivity (Wildman–Crippen MR) is 86.1 cm³/mol. The average Bonchev–Trinajstić information content (AvgIpc) is 2.79. The second-order valence-corrected chi connectivity index (χ2v) is 7.25. The first-order chi connectivity index (χ1) is 9.51. The van der Waals surface area contributed by atoms with E-state index in [2.05, 4.69) is 16.8 Å². The third-order valence-electron chi connectivity index (χ3n) is 4.60. The lowest BCUT2D eigenvalue weighted by atomic mass is 9.77. The van der Waals surface area contributed by atoms with Crippen LogP contribution in [-0.2, 0) is 11.8 Å². The molecule has 2 aliphatic rings. The zero-order valence-corrected chi connectivity index (χ0v) is 14.1. The number of ether oxygens (including phenoxy) is 1. The van der Waals surface area contributed by atoms with E-state index in [1.807, 2.05) is 22.6 Å². The fourth-order valence-electron chi connectivity index (χ4n) is 3.38. The van der Waals surface area contributed by atoms with Crippen LogP contribution in [0.5, 0.6) is 0 Å². The van der Waals surface area contributed by atoms with Gasteiger partial charge in [-0.25, -0.2) is 4.98 Å². The molecule has 1 atom stereocenters. The minimum Gasteiger partial charge on any atom is -0.378 e. The van der Waals surface area contributed by atoms with Gasteiger partial charge in [-0.05, 0) is 54.2 Å². The SMILES string of the molecule is C[C@H]1CC2(CCN(c3ncc(I)c(=O)n3C)CC2)CO1. The van der Waals surface area contributed by atoms with Gasteiger partial charge < -0.3 is 9.64 Å². The molecule has 0 aromatic carbocycles. The van der Waals surface area contributed by atoms with Gasteiger partial charge in [0.1, 0.15) is 0 Å². The number of aromatic nitrogens is 2. The Hall–Kier alpha value is -0.630. The van der Waals surface area contributed by atoms with E-state index in [0.717, 1.165) is 38.5 Å². The van der Waals surface area contributed by atoms with Crippen molar-refractivity contribution in [2.45, 2.75) is 32.3 Å². The van der Waals surface area contributed by atoms with E-state index in [1.54, 1.807) is 17.8 Å². The van der Waals surface area contributed by atoms with Crippen molar-refractivity contribution in [3.05, 3.63) is 20.1 Å².